The molecule has 0 saturated carbocycles. The average Bonchev–Trinajstić information content (AvgIpc) is 3.20. The predicted octanol–water partition coefficient (Wildman–Crippen LogP) is 3.62. The molecule has 1 saturated heterocycles. The van der Waals surface area contributed by atoms with Gasteiger partial charge in [0.2, 0.25) is 5.88 Å². The Morgan fingerprint density at radius 3 is 2.69 bits per heavy atom. The number of hydrogen-bond donors (Lipinski definition) is 1. The molecule has 0 radical (unpaired) electrons. The summed E-state index contributed by atoms with van der Waals surface area (Å²) in [6, 6.07) is 3.77. The number of halogens is 3. The second kappa shape index (κ2) is 11.8. The molecule has 1 unspecified atom stereocenters. The van der Waals surface area contributed by atoms with Gasteiger partial charge in [-0.1, -0.05) is 6.07 Å². The van der Waals surface area contributed by atoms with E-state index in [0.717, 1.165) is 12.1 Å². The number of benzene rings is 1. The summed E-state index contributed by atoms with van der Waals surface area (Å²) in [6.07, 6.45) is 3.99. The molecular formula is C24H29F3N4O4S. The summed E-state index contributed by atoms with van der Waals surface area (Å²) in [5.41, 5.74) is 4.31. The van der Waals surface area contributed by atoms with Crippen LogP contribution in [0.5, 0.6) is 5.88 Å². The van der Waals surface area contributed by atoms with Crippen LogP contribution < -0.4 is 10.5 Å². The molecular weight excluding hydrogens is 497 g/mol. The number of amidine groups is 1. The van der Waals surface area contributed by atoms with Crippen molar-refractivity contribution in [3.63, 3.8) is 0 Å². The molecule has 36 heavy (non-hydrogen) atoms. The molecule has 8 nitrogen and oxygen atoms in total. The maximum absolute atomic E-state index is 15.1. The van der Waals surface area contributed by atoms with Gasteiger partial charge in [-0.05, 0) is 43.5 Å². The fraction of sp³-hybridized carbons (Fsp3) is 0.458. The van der Waals surface area contributed by atoms with Crippen molar-refractivity contribution in [2.75, 3.05) is 32.8 Å². The molecule has 2 heterocycles. The Morgan fingerprint density at radius 1 is 1.31 bits per heavy atom. The van der Waals surface area contributed by atoms with E-state index in [0.29, 0.717) is 13.0 Å². The number of alkyl halides is 1. The fourth-order valence-electron chi connectivity index (χ4n) is 4.16. The van der Waals surface area contributed by atoms with Crippen LogP contribution in [0.3, 0.4) is 0 Å². The molecule has 1 fully saturated rings. The fourth-order valence-corrected chi connectivity index (χ4v) is 6.42. The topological polar surface area (TPSA) is 117 Å². The van der Waals surface area contributed by atoms with Crippen molar-refractivity contribution in [2.24, 2.45) is 10.7 Å². The van der Waals surface area contributed by atoms with Gasteiger partial charge in [-0.2, -0.15) is 0 Å². The summed E-state index contributed by atoms with van der Waals surface area (Å²) in [6.45, 7) is 1.28. The first-order valence-corrected chi connectivity index (χ1v) is 13.1. The molecule has 12 heteroatoms. The van der Waals surface area contributed by atoms with Crippen molar-refractivity contribution in [3.05, 3.63) is 53.2 Å². The maximum atomic E-state index is 15.1. The van der Waals surface area contributed by atoms with E-state index in [1.54, 1.807) is 0 Å². The smallest absolute Gasteiger partial charge is 0.232 e. The van der Waals surface area contributed by atoms with E-state index >= 15 is 4.39 Å². The predicted molar refractivity (Wildman–Crippen MR) is 131 cm³/mol. The van der Waals surface area contributed by atoms with E-state index in [2.05, 4.69) is 15.0 Å². The summed E-state index contributed by atoms with van der Waals surface area (Å²) in [5, 5.41) is -1.06. The van der Waals surface area contributed by atoms with Gasteiger partial charge in [0.15, 0.2) is 15.7 Å². The maximum Gasteiger partial charge on any atom is 0.232 e. The van der Waals surface area contributed by atoms with E-state index in [1.165, 1.54) is 38.6 Å². The first-order chi connectivity index (χ1) is 17.1. The third kappa shape index (κ3) is 6.41. The number of aliphatic imine (C=N–C) groups is 1. The third-order valence-corrected chi connectivity index (χ3v) is 8.34. The van der Waals surface area contributed by atoms with E-state index in [1.807, 2.05) is 0 Å². The molecule has 1 aromatic heterocycles. The highest BCUT2D eigenvalue weighted by molar-refractivity contribution is 7.92. The van der Waals surface area contributed by atoms with Gasteiger partial charge < -0.3 is 15.2 Å². The van der Waals surface area contributed by atoms with Gasteiger partial charge in [-0.25, -0.2) is 27.2 Å². The van der Waals surface area contributed by atoms with Crippen LogP contribution >= 0.6 is 0 Å². The SMILES string of the molecule is COCCOc1cnc(/C(F)=C/c2ccc(F)c(C(C)(/N=C(/N)CCF)[C@@H]3CCCS3(=O)=O)c2)cn1. The van der Waals surface area contributed by atoms with Gasteiger partial charge in [0.1, 0.15) is 23.7 Å². The van der Waals surface area contributed by atoms with Crippen LogP contribution in [0.1, 0.15) is 43.0 Å². The molecule has 1 aliphatic rings. The molecule has 1 aromatic carbocycles. The number of ether oxygens (including phenoxy) is 2. The highest BCUT2D eigenvalue weighted by atomic mass is 32.2. The standard InChI is InChI=1S/C24H29F3N4O4S/c1-24(31-22(28)7-8-25,21-4-3-11-36(21,32)33)17-12-16(5-6-18(17)26)13-19(27)20-14-30-23(15-29-20)35-10-9-34-2/h5-6,12-15,21H,3-4,7-11H2,1-2H3,(H2,28,31)/b19-13-/t21-,24?/m0/s1. The van der Waals surface area contributed by atoms with Crippen molar-refractivity contribution in [2.45, 2.75) is 37.0 Å². The molecule has 3 rings (SSSR count). The normalized spacial score (nSPS) is 19.8. The lowest BCUT2D eigenvalue weighted by Gasteiger charge is -2.32. The molecule has 196 valence electrons. The highest BCUT2D eigenvalue weighted by Gasteiger charge is 2.48. The van der Waals surface area contributed by atoms with E-state index in [4.69, 9.17) is 15.2 Å². The Balaban J connectivity index is 1.98. The number of rotatable bonds is 11. The van der Waals surface area contributed by atoms with Gasteiger partial charge in [-0.3, -0.25) is 9.38 Å². The molecule has 2 atom stereocenters. The van der Waals surface area contributed by atoms with E-state index in [-0.39, 0.29) is 53.7 Å². The van der Waals surface area contributed by atoms with Crippen LogP contribution in [0, 0.1) is 5.82 Å². The summed E-state index contributed by atoms with van der Waals surface area (Å²) < 4.78 is 78.7. The number of sulfone groups is 1. The van der Waals surface area contributed by atoms with Crippen LogP contribution in [0.25, 0.3) is 11.9 Å². The van der Waals surface area contributed by atoms with Crippen molar-refractivity contribution < 1.29 is 31.1 Å². The Bertz CT molecular complexity index is 1220. The largest absolute Gasteiger partial charge is 0.474 e. The minimum absolute atomic E-state index is 0.0640. The van der Waals surface area contributed by atoms with Crippen molar-refractivity contribution in [1.82, 2.24) is 9.97 Å². The van der Waals surface area contributed by atoms with Crippen molar-refractivity contribution in [3.8, 4) is 5.88 Å². The Kier molecular flexibility index (Phi) is 9.07. The zero-order chi connectivity index (χ0) is 26.3. The lowest BCUT2D eigenvalue weighted by molar-refractivity contribution is 0.143. The molecule has 0 spiro atoms. The first-order valence-electron chi connectivity index (χ1n) is 11.3. The molecule has 2 aromatic rings. The second-order valence-corrected chi connectivity index (χ2v) is 10.8. The van der Waals surface area contributed by atoms with Gasteiger partial charge in [0.05, 0.1) is 42.5 Å². The summed E-state index contributed by atoms with van der Waals surface area (Å²) in [7, 11) is -2.08. The Morgan fingerprint density at radius 2 is 2.08 bits per heavy atom. The van der Waals surface area contributed by atoms with Gasteiger partial charge in [-0.15, -0.1) is 0 Å². The number of methoxy groups -OCH3 is 1. The lowest BCUT2D eigenvalue weighted by atomic mass is 9.85. The van der Waals surface area contributed by atoms with Crippen molar-refractivity contribution in [1.29, 1.82) is 0 Å². The van der Waals surface area contributed by atoms with E-state index < -0.39 is 38.9 Å². The summed E-state index contributed by atoms with van der Waals surface area (Å²) in [5.74, 6) is -1.47. The number of hydrogen-bond acceptors (Lipinski definition) is 7. The first kappa shape index (κ1) is 27.6. The zero-order valence-corrected chi connectivity index (χ0v) is 20.9. The summed E-state index contributed by atoms with van der Waals surface area (Å²) >= 11 is 0. The van der Waals surface area contributed by atoms with Crippen LogP contribution in [0.4, 0.5) is 13.2 Å². The molecule has 0 bridgehead atoms. The monoisotopic (exact) mass is 526 g/mol. The summed E-state index contributed by atoms with van der Waals surface area (Å²) in [4.78, 5) is 12.3. The minimum Gasteiger partial charge on any atom is -0.474 e. The molecule has 2 N–H and O–H groups in total. The zero-order valence-electron chi connectivity index (χ0n) is 20.1. The quantitative estimate of drug-likeness (QED) is 0.270. The van der Waals surface area contributed by atoms with E-state index in [9.17, 15) is 17.2 Å². The van der Waals surface area contributed by atoms with Crippen LogP contribution in [0.15, 0.2) is 35.6 Å². The molecule has 1 aliphatic heterocycles. The Labute approximate surface area is 208 Å². The Hall–Kier alpha value is -2.99. The van der Waals surface area contributed by atoms with Gasteiger partial charge in [0.25, 0.3) is 0 Å². The average molecular weight is 527 g/mol. The second-order valence-electron chi connectivity index (χ2n) is 8.50. The van der Waals surface area contributed by atoms with Crippen molar-refractivity contribution >= 4 is 27.6 Å². The molecule has 0 aliphatic carbocycles. The number of aromatic nitrogens is 2. The molecule has 0 amide bonds. The lowest BCUT2D eigenvalue weighted by Crippen LogP contribution is -2.41. The van der Waals surface area contributed by atoms with Crippen LogP contribution in [-0.4, -0.2) is 62.2 Å². The minimum atomic E-state index is -3.61. The third-order valence-electron chi connectivity index (χ3n) is 5.92. The van der Waals surface area contributed by atoms with Crippen LogP contribution in [0.2, 0.25) is 0 Å². The van der Waals surface area contributed by atoms with Gasteiger partial charge >= 0.3 is 0 Å². The number of nitrogens with zero attached hydrogens (tertiary/aromatic N) is 3. The van der Waals surface area contributed by atoms with Gasteiger partial charge in [0, 0.05) is 19.1 Å². The van der Waals surface area contributed by atoms with Crippen LogP contribution in [-0.2, 0) is 20.1 Å². The highest BCUT2D eigenvalue weighted by Crippen LogP contribution is 2.41. The number of nitrogens with two attached hydrogens (primary N) is 1.